The summed E-state index contributed by atoms with van der Waals surface area (Å²) < 4.78 is 5.14. The molecule has 1 amide bonds. The van der Waals surface area contributed by atoms with Crippen molar-refractivity contribution in [1.82, 2.24) is 18.7 Å². The molecule has 4 heterocycles. The Morgan fingerprint density at radius 1 is 1.10 bits per heavy atom. The van der Waals surface area contributed by atoms with E-state index in [2.05, 4.69) is 12.0 Å². The van der Waals surface area contributed by atoms with Crippen molar-refractivity contribution in [2.45, 2.75) is 45.7 Å². The first-order chi connectivity index (χ1) is 15.1. The van der Waals surface area contributed by atoms with E-state index in [-0.39, 0.29) is 17.2 Å². The lowest BCUT2D eigenvalue weighted by Gasteiger charge is -2.15. The summed E-state index contributed by atoms with van der Waals surface area (Å²) in [7, 11) is 0. The number of nitrogens with zero attached hydrogens (tertiary/aromatic N) is 5. The molecule has 0 bridgehead atoms. The molecule has 1 fully saturated rings. The summed E-state index contributed by atoms with van der Waals surface area (Å²) in [5.74, 6) is 0.530. The second-order valence-corrected chi connectivity index (χ2v) is 8.75. The first-order valence-electron chi connectivity index (χ1n) is 10.6. The van der Waals surface area contributed by atoms with E-state index in [1.807, 2.05) is 29.6 Å². The van der Waals surface area contributed by atoms with Gasteiger partial charge in [0.15, 0.2) is 0 Å². The zero-order valence-electron chi connectivity index (χ0n) is 17.3. The van der Waals surface area contributed by atoms with Gasteiger partial charge in [0.05, 0.1) is 12.1 Å². The molecule has 4 aromatic rings. The molecule has 31 heavy (non-hydrogen) atoms. The maximum atomic E-state index is 13.2. The molecule has 1 aliphatic heterocycles. The highest BCUT2D eigenvalue weighted by molar-refractivity contribution is 7.17. The fourth-order valence-corrected chi connectivity index (χ4v) is 4.95. The van der Waals surface area contributed by atoms with Crippen LogP contribution in [0, 0.1) is 0 Å². The Labute approximate surface area is 181 Å². The molecule has 1 aliphatic rings. The number of benzene rings is 1. The molecule has 0 spiro atoms. The molecule has 8 nitrogen and oxygen atoms in total. The highest BCUT2D eigenvalue weighted by Gasteiger charge is 2.22. The van der Waals surface area contributed by atoms with Gasteiger partial charge in [0.2, 0.25) is 11.7 Å². The van der Waals surface area contributed by atoms with Crippen LogP contribution in [0.5, 0.6) is 0 Å². The zero-order valence-corrected chi connectivity index (χ0v) is 18.1. The van der Waals surface area contributed by atoms with E-state index >= 15 is 0 Å². The molecule has 0 N–H and O–H groups in total. The molecular weight excluding hydrogens is 414 g/mol. The number of aromatic nitrogens is 4. The number of aryl methyl sites for hydroxylation is 1. The fourth-order valence-electron chi connectivity index (χ4n) is 4.13. The van der Waals surface area contributed by atoms with Crippen molar-refractivity contribution in [3.63, 3.8) is 0 Å². The smallest absolute Gasteiger partial charge is 0.312 e. The van der Waals surface area contributed by atoms with Crippen LogP contribution in [0.3, 0.4) is 0 Å². The molecule has 0 unspecified atom stereocenters. The largest absolute Gasteiger partial charge is 0.352 e. The van der Waals surface area contributed by atoms with E-state index < -0.39 is 0 Å². The standard InChI is InChI=1S/C22H23N5O3S/c1-2-3-11-25-20(29)19-17(10-13-31-19)27-21(25)23-26(22(27)30)14-15-6-8-16(9-7-15)24-12-4-5-18(24)28/h6-10,13H,2-5,11-12,14H2,1H3. The van der Waals surface area contributed by atoms with Crippen molar-refractivity contribution in [2.24, 2.45) is 0 Å². The van der Waals surface area contributed by atoms with Crippen LogP contribution in [-0.4, -0.2) is 31.2 Å². The topological polar surface area (TPSA) is 81.6 Å². The average molecular weight is 438 g/mol. The van der Waals surface area contributed by atoms with Crippen LogP contribution in [0.25, 0.3) is 16.0 Å². The predicted octanol–water partition coefficient (Wildman–Crippen LogP) is 2.85. The summed E-state index contributed by atoms with van der Waals surface area (Å²) in [6.07, 6.45) is 3.26. The molecule has 9 heteroatoms. The highest BCUT2D eigenvalue weighted by Crippen LogP contribution is 2.22. The Kier molecular flexibility index (Phi) is 4.97. The Morgan fingerprint density at radius 2 is 1.90 bits per heavy atom. The van der Waals surface area contributed by atoms with Gasteiger partial charge in [0.1, 0.15) is 4.70 Å². The van der Waals surface area contributed by atoms with Gasteiger partial charge in [-0.05, 0) is 42.0 Å². The van der Waals surface area contributed by atoms with Gasteiger partial charge >= 0.3 is 5.69 Å². The number of hydrogen-bond donors (Lipinski definition) is 0. The van der Waals surface area contributed by atoms with E-state index in [0.29, 0.717) is 35.5 Å². The van der Waals surface area contributed by atoms with Crippen LogP contribution in [0.15, 0.2) is 45.3 Å². The van der Waals surface area contributed by atoms with E-state index in [9.17, 15) is 14.4 Å². The minimum atomic E-state index is -0.262. The number of anilines is 1. The van der Waals surface area contributed by atoms with E-state index in [0.717, 1.165) is 37.1 Å². The lowest BCUT2D eigenvalue weighted by Crippen LogP contribution is -2.26. The molecule has 1 saturated heterocycles. The summed E-state index contributed by atoms with van der Waals surface area (Å²) >= 11 is 1.35. The highest BCUT2D eigenvalue weighted by atomic mass is 32.1. The van der Waals surface area contributed by atoms with E-state index in [1.165, 1.54) is 16.0 Å². The number of hydrogen-bond acceptors (Lipinski definition) is 5. The number of unbranched alkanes of at least 4 members (excludes halogenated alkanes) is 1. The van der Waals surface area contributed by atoms with E-state index in [4.69, 9.17) is 0 Å². The van der Waals surface area contributed by atoms with Gasteiger partial charge in [-0.3, -0.25) is 14.2 Å². The Hall–Kier alpha value is -3.20. The third-order valence-corrected chi connectivity index (χ3v) is 6.67. The molecule has 160 valence electrons. The van der Waals surface area contributed by atoms with Gasteiger partial charge in [-0.1, -0.05) is 25.5 Å². The monoisotopic (exact) mass is 437 g/mol. The second kappa shape index (κ2) is 7.81. The lowest BCUT2D eigenvalue weighted by molar-refractivity contribution is -0.117. The Balaban J connectivity index is 1.55. The summed E-state index contributed by atoms with van der Waals surface area (Å²) in [6, 6.07) is 9.46. The zero-order chi connectivity index (χ0) is 21.5. The van der Waals surface area contributed by atoms with Gasteiger partial charge in [0.25, 0.3) is 5.56 Å². The van der Waals surface area contributed by atoms with Crippen molar-refractivity contribution in [3.8, 4) is 0 Å². The predicted molar refractivity (Wildman–Crippen MR) is 121 cm³/mol. The maximum absolute atomic E-state index is 13.2. The molecule has 1 aromatic carbocycles. The third-order valence-electron chi connectivity index (χ3n) is 5.78. The number of carbonyl (C=O) groups excluding carboxylic acids is 1. The van der Waals surface area contributed by atoms with Crippen molar-refractivity contribution in [1.29, 1.82) is 0 Å². The quantitative estimate of drug-likeness (QED) is 0.465. The number of thiophene rings is 1. The minimum absolute atomic E-state index is 0.0947. The molecule has 0 radical (unpaired) electrons. The summed E-state index contributed by atoms with van der Waals surface area (Å²) in [4.78, 5) is 39.9. The first kappa shape index (κ1) is 19.7. The van der Waals surface area contributed by atoms with Crippen LogP contribution in [0.2, 0.25) is 0 Å². The SMILES string of the molecule is CCCCn1c(=O)c2sccc2n2c(=O)n(Cc3ccc(N4CCCC4=O)cc3)nc12. The number of fused-ring (bicyclic) bond motifs is 3. The molecular formula is C22H23N5O3S. The van der Waals surface area contributed by atoms with Crippen molar-refractivity contribution < 1.29 is 4.79 Å². The summed E-state index contributed by atoms with van der Waals surface area (Å²) in [5.41, 5.74) is 2.04. The van der Waals surface area contributed by atoms with Crippen LogP contribution in [0.1, 0.15) is 38.2 Å². The van der Waals surface area contributed by atoms with Crippen LogP contribution in [-0.2, 0) is 17.9 Å². The minimum Gasteiger partial charge on any atom is -0.312 e. The number of amides is 1. The normalized spacial score (nSPS) is 14.4. The Morgan fingerprint density at radius 3 is 2.61 bits per heavy atom. The first-order valence-corrected chi connectivity index (χ1v) is 11.5. The van der Waals surface area contributed by atoms with Crippen LogP contribution in [0.4, 0.5) is 5.69 Å². The second-order valence-electron chi connectivity index (χ2n) is 7.84. The summed E-state index contributed by atoms with van der Waals surface area (Å²) in [6.45, 7) is 3.63. The van der Waals surface area contributed by atoms with Gasteiger partial charge in [-0.25, -0.2) is 13.9 Å². The van der Waals surface area contributed by atoms with Gasteiger partial charge in [0, 0.05) is 25.2 Å². The summed E-state index contributed by atoms with van der Waals surface area (Å²) in [5, 5.41) is 6.36. The molecule has 3 aromatic heterocycles. The van der Waals surface area contributed by atoms with E-state index in [1.54, 1.807) is 19.9 Å². The third kappa shape index (κ3) is 3.29. The number of carbonyl (C=O) groups is 1. The van der Waals surface area contributed by atoms with Gasteiger partial charge < -0.3 is 4.90 Å². The molecule has 0 atom stereocenters. The fraction of sp³-hybridized carbons (Fsp3) is 0.364. The van der Waals surface area contributed by atoms with Crippen LogP contribution >= 0.6 is 11.3 Å². The molecule has 0 saturated carbocycles. The van der Waals surface area contributed by atoms with Gasteiger partial charge in [-0.15, -0.1) is 16.4 Å². The molecule has 0 aliphatic carbocycles. The Bertz CT molecular complexity index is 1390. The maximum Gasteiger partial charge on any atom is 0.352 e. The number of rotatable bonds is 6. The van der Waals surface area contributed by atoms with Crippen molar-refractivity contribution >= 4 is 38.9 Å². The van der Waals surface area contributed by atoms with Crippen molar-refractivity contribution in [2.75, 3.05) is 11.4 Å². The average Bonchev–Trinajstić information content (AvgIpc) is 3.49. The lowest BCUT2D eigenvalue weighted by atomic mass is 10.2. The van der Waals surface area contributed by atoms with Crippen LogP contribution < -0.4 is 16.1 Å². The van der Waals surface area contributed by atoms with Crippen molar-refractivity contribution in [3.05, 3.63) is 62.1 Å². The van der Waals surface area contributed by atoms with Gasteiger partial charge in [-0.2, -0.15) is 0 Å². The molecule has 5 rings (SSSR count).